The van der Waals surface area contributed by atoms with Crippen LogP contribution in [0.4, 0.5) is 13.9 Å². The summed E-state index contributed by atoms with van der Waals surface area (Å²) in [5, 5.41) is 8.88. The van der Waals surface area contributed by atoms with Crippen LogP contribution in [0.1, 0.15) is 30.7 Å². The molecule has 0 unspecified atom stereocenters. The van der Waals surface area contributed by atoms with Gasteiger partial charge in [0.15, 0.2) is 16.5 Å². The van der Waals surface area contributed by atoms with E-state index in [9.17, 15) is 22.0 Å². The number of carbonyl (C=O) groups is 1. The van der Waals surface area contributed by atoms with Gasteiger partial charge in [0.1, 0.15) is 0 Å². The minimum atomic E-state index is -3.76. The fourth-order valence-electron chi connectivity index (χ4n) is 3.39. The molecule has 1 aromatic heterocycles. The Morgan fingerprint density at radius 1 is 1.16 bits per heavy atom. The number of amides is 1. The molecule has 13 heteroatoms. The van der Waals surface area contributed by atoms with Gasteiger partial charge in [-0.25, -0.2) is 17.2 Å². The largest absolute Gasteiger partial charge is 0.490 e. The molecule has 2 aromatic rings. The van der Waals surface area contributed by atoms with Gasteiger partial charge in [0.05, 0.1) is 18.1 Å². The van der Waals surface area contributed by atoms with E-state index in [0.717, 1.165) is 0 Å². The molecular formula is C18H20F2N4O5S2. The molecule has 168 valence electrons. The van der Waals surface area contributed by atoms with Crippen molar-refractivity contribution < 1.29 is 31.5 Å². The van der Waals surface area contributed by atoms with Crippen molar-refractivity contribution in [3.8, 4) is 11.5 Å². The number of fused-ring (bicyclic) bond motifs is 1. The number of hydrogen-bond donors (Lipinski definition) is 1. The zero-order chi connectivity index (χ0) is 22.0. The highest BCUT2D eigenvalue weighted by molar-refractivity contribution is 7.89. The van der Waals surface area contributed by atoms with Crippen molar-refractivity contribution in [3.63, 3.8) is 0 Å². The molecule has 0 aliphatic carbocycles. The van der Waals surface area contributed by atoms with E-state index >= 15 is 0 Å². The molecule has 1 saturated heterocycles. The van der Waals surface area contributed by atoms with Gasteiger partial charge in [0, 0.05) is 31.5 Å². The Morgan fingerprint density at radius 2 is 1.87 bits per heavy atom. The molecule has 3 heterocycles. The molecule has 1 amide bonds. The van der Waals surface area contributed by atoms with Gasteiger partial charge >= 0.3 is 0 Å². The minimum absolute atomic E-state index is 0.00236. The van der Waals surface area contributed by atoms with Crippen molar-refractivity contribution in [1.29, 1.82) is 0 Å². The number of aromatic nitrogens is 2. The lowest BCUT2D eigenvalue weighted by atomic mass is 9.97. The number of nitrogens with zero attached hydrogens (tertiary/aromatic N) is 3. The zero-order valence-corrected chi connectivity index (χ0v) is 17.9. The predicted octanol–water partition coefficient (Wildman–Crippen LogP) is 2.68. The van der Waals surface area contributed by atoms with Gasteiger partial charge in [-0.3, -0.25) is 4.79 Å². The molecule has 2 aliphatic heterocycles. The number of rotatable bonds is 5. The molecule has 0 bridgehead atoms. The van der Waals surface area contributed by atoms with Crippen LogP contribution in [0.25, 0.3) is 0 Å². The molecule has 1 fully saturated rings. The summed E-state index contributed by atoms with van der Waals surface area (Å²) in [5.41, 5.74) is 0. The summed E-state index contributed by atoms with van der Waals surface area (Å²) in [4.78, 5) is 12.5. The first kappa shape index (κ1) is 21.8. The van der Waals surface area contributed by atoms with E-state index < -0.39 is 27.4 Å². The van der Waals surface area contributed by atoms with Gasteiger partial charge in [0.2, 0.25) is 21.1 Å². The van der Waals surface area contributed by atoms with Gasteiger partial charge in [-0.15, -0.1) is 10.2 Å². The number of sulfonamides is 1. The third kappa shape index (κ3) is 4.77. The number of ether oxygens (including phenoxy) is 2. The number of anilines is 1. The van der Waals surface area contributed by atoms with Crippen LogP contribution < -0.4 is 14.8 Å². The van der Waals surface area contributed by atoms with Crippen molar-refractivity contribution >= 4 is 32.4 Å². The van der Waals surface area contributed by atoms with Crippen LogP contribution >= 0.6 is 11.3 Å². The van der Waals surface area contributed by atoms with E-state index in [2.05, 4.69) is 15.5 Å². The number of hydrogen-bond acceptors (Lipinski definition) is 8. The molecular weight excluding hydrogens is 454 g/mol. The van der Waals surface area contributed by atoms with Gasteiger partial charge in [0.25, 0.3) is 6.43 Å². The number of carbonyl (C=O) groups excluding carboxylic acids is 1. The molecule has 9 nitrogen and oxygen atoms in total. The van der Waals surface area contributed by atoms with Gasteiger partial charge in [-0.1, -0.05) is 11.3 Å². The lowest BCUT2D eigenvalue weighted by Gasteiger charge is -2.30. The summed E-state index contributed by atoms with van der Waals surface area (Å²) < 4.78 is 63.7. The normalized spacial score (nSPS) is 18.0. The van der Waals surface area contributed by atoms with Crippen LogP contribution in [0.2, 0.25) is 0 Å². The predicted molar refractivity (Wildman–Crippen MR) is 107 cm³/mol. The second-order valence-electron chi connectivity index (χ2n) is 7.07. The first-order valence-corrected chi connectivity index (χ1v) is 11.9. The molecule has 0 atom stereocenters. The Bertz CT molecular complexity index is 1050. The van der Waals surface area contributed by atoms with Crippen LogP contribution in [-0.4, -0.2) is 55.1 Å². The Balaban J connectivity index is 1.38. The number of nitrogens with one attached hydrogen (secondary N) is 1. The zero-order valence-electron chi connectivity index (χ0n) is 16.3. The maximum absolute atomic E-state index is 13.0. The third-order valence-electron chi connectivity index (χ3n) is 5.04. The first-order chi connectivity index (χ1) is 14.8. The van der Waals surface area contributed by atoms with Crippen molar-refractivity contribution in [1.82, 2.24) is 14.5 Å². The van der Waals surface area contributed by atoms with E-state index in [4.69, 9.17) is 9.47 Å². The van der Waals surface area contributed by atoms with Crippen molar-refractivity contribution in [2.75, 3.05) is 31.6 Å². The van der Waals surface area contributed by atoms with E-state index in [1.807, 2.05) is 0 Å². The summed E-state index contributed by atoms with van der Waals surface area (Å²) in [6, 6.07) is 4.53. The molecule has 1 aromatic carbocycles. The van der Waals surface area contributed by atoms with Gasteiger partial charge in [-0.2, -0.15) is 4.31 Å². The Labute approximate surface area is 181 Å². The Hall–Kier alpha value is -2.38. The molecule has 0 spiro atoms. The second-order valence-corrected chi connectivity index (χ2v) is 10.0. The monoisotopic (exact) mass is 474 g/mol. The van der Waals surface area contributed by atoms with Gasteiger partial charge < -0.3 is 14.8 Å². The highest BCUT2D eigenvalue weighted by Gasteiger charge is 2.33. The number of alkyl halides is 2. The molecule has 0 saturated carbocycles. The van der Waals surface area contributed by atoms with E-state index in [0.29, 0.717) is 55.3 Å². The number of piperidine rings is 1. The van der Waals surface area contributed by atoms with Crippen LogP contribution in [0, 0.1) is 5.92 Å². The molecule has 0 radical (unpaired) electrons. The number of benzene rings is 1. The average molecular weight is 475 g/mol. The molecule has 1 N–H and O–H groups in total. The lowest BCUT2D eigenvalue weighted by molar-refractivity contribution is -0.120. The highest BCUT2D eigenvalue weighted by Crippen LogP contribution is 2.34. The number of halogens is 2. The molecule has 4 rings (SSSR count). The van der Waals surface area contributed by atoms with E-state index in [1.54, 1.807) is 6.07 Å². The van der Waals surface area contributed by atoms with E-state index in [1.165, 1.54) is 16.4 Å². The van der Waals surface area contributed by atoms with Gasteiger partial charge in [-0.05, 0) is 25.0 Å². The fraction of sp³-hybridized carbons (Fsp3) is 0.500. The topological polar surface area (TPSA) is 111 Å². The van der Waals surface area contributed by atoms with Crippen LogP contribution in [0.3, 0.4) is 0 Å². The SMILES string of the molecule is O=C(Nc1nnc(C(F)F)s1)C1CCN(S(=O)(=O)c2ccc3c(c2)OCCCO3)CC1. The summed E-state index contributed by atoms with van der Waals surface area (Å²) in [5.74, 6) is 0.0743. The first-order valence-electron chi connectivity index (χ1n) is 9.67. The molecule has 2 aliphatic rings. The Kier molecular flexibility index (Phi) is 6.34. The summed E-state index contributed by atoms with van der Waals surface area (Å²) in [7, 11) is -3.76. The summed E-state index contributed by atoms with van der Waals surface area (Å²) >= 11 is 0.616. The smallest absolute Gasteiger partial charge is 0.291 e. The van der Waals surface area contributed by atoms with Crippen molar-refractivity contribution in [3.05, 3.63) is 23.2 Å². The summed E-state index contributed by atoms with van der Waals surface area (Å²) in [6.45, 7) is 1.28. The van der Waals surface area contributed by atoms with Crippen molar-refractivity contribution in [2.45, 2.75) is 30.6 Å². The van der Waals surface area contributed by atoms with E-state index in [-0.39, 0.29) is 29.0 Å². The van der Waals surface area contributed by atoms with Crippen LogP contribution in [-0.2, 0) is 14.8 Å². The maximum atomic E-state index is 13.0. The van der Waals surface area contributed by atoms with Crippen LogP contribution in [0.15, 0.2) is 23.1 Å². The maximum Gasteiger partial charge on any atom is 0.291 e. The Morgan fingerprint density at radius 3 is 2.55 bits per heavy atom. The van der Waals surface area contributed by atoms with Crippen LogP contribution in [0.5, 0.6) is 11.5 Å². The standard InChI is InChI=1S/C18H20F2N4O5S2/c19-15(20)17-22-23-18(30-17)21-16(25)11-4-6-24(7-5-11)31(26,27)12-2-3-13-14(10-12)29-9-1-8-28-13/h2-3,10-11,15H,1,4-9H2,(H,21,23,25). The lowest BCUT2D eigenvalue weighted by Crippen LogP contribution is -2.41. The molecule has 31 heavy (non-hydrogen) atoms. The van der Waals surface area contributed by atoms with Crippen molar-refractivity contribution in [2.24, 2.45) is 5.92 Å². The third-order valence-corrected chi connectivity index (χ3v) is 7.78. The highest BCUT2D eigenvalue weighted by atomic mass is 32.2. The fourth-order valence-corrected chi connectivity index (χ4v) is 5.48. The average Bonchev–Trinajstić information content (AvgIpc) is 3.10. The minimum Gasteiger partial charge on any atom is -0.490 e. The quantitative estimate of drug-likeness (QED) is 0.709. The second kappa shape index (κ2) is 9.01. The summed E-state index contributed by atoms with van der Waals surface area (Å²) in [6.07, 6.45) is -1.43.